The Morgan fingerprint density at radius 3 is 2.75 bits per heavy atom. The zero-order chi connectivity index (χ0) is 8.81. The lowest BCUT2D eigenvalue weighted by atomic mass is 10.2. The summed E-state index contributed by atoms with van der Waals surface area (Å²) in [5.74, 6) is 0.973. The van der Waals surface area contributed by atoms with E-state index in [0.717, 1.165) is 25.3 Å². The van der Waals surface area contributed by atoms with Crippen molar-refractivity contribution in [2.75, 3.05) is 11.0 Å². The predicted molar refractivity (Wildman–Crippen MR) is 58.5 cm³/mol. The van der Waals surface area contributed by atoms with E-state index in [-0.39, 0.29) is 5.91 Å². The minimum absolute atomic E-state index is 0.256. The maximum atomic E-state index is 11.1. The van der Waals surface area contributed by atoms with Gasteiger partial charge in [-0.15, -0.1) is 0 Å². The van der Waals surface area contributed by atoms with Gasteiger partial charge in [0.2, 0.25) is 5.91 Å². The van der Waals surface area contributed by atoms with Crippen LogP contribution >= 0.6 is 22.6 Å². The number of hydrogen-bond acceptors (Lipinski definition) is 1. The van der Waals surface area contributed by atoms with Gasteiger partial charge in [-0.25, -0.2) is 0 Å². The summed E-state index contributed by atoms with van der Waals surface area (Å²) in [6, 6.07) is 0. The molecule has 1 rings (SSSR count). The van der Waals surface area contributed by atoms with Crippen molar-refractivity contribution in [3.05, 3.63) is 0 Å². The van der Waals surface area contributed by atoms with E-state index < -0.39 is 0 Å². The molecule has 0 aromatic rings. The molecule has 2 nitrogen and oxygen atoms in total. The fourth-order valence-electron chi connectivity index (χ4n) is 1.10. The second kappa shape index (κ2) is 5.78. The van der Waals surface area contributed by atoms with E-state index in [1.807, 2.05) is 0 Å². The van der Waals surface area contributed by atoms with E-state index in [9.17, 15) is 4.79 Å². The number of halogens is 1. The second-order valence-corrected chi connectivity index (χ2v) is 4.47. The quantitative estimate of drug-likeness (QED) is 0.451. The first-order valence-electron chi connectivity index (χ1n) is 4.65. The molecule has 1 aliphatic rings. The zero-order valence-corrected chi connectivity index (χ0v) is 9.47. The summed E-state index contributed by atoms with van der Waals surface area (Å²) in [5, 5.41) is 2.95. The predicted octanol–water partition coefficient (Wildman–Crippen LogP) is 2.12. The molecule has 1 N–H and O–H groups in total. The van der Waals surface area contributed by atoms with Gasteiger partial charge in [0.05, 0.1) is 0 Å². The third kappa shape index (κ3) is 4.95. The normalized spacial score (nSPS) is 16.1. The number of nitrogens with one attached hydrogen (secondary N) is 1. The minimum Gasteiger partial charge on any atom is -0.356 e. The maximum Gasteiger partial charge on any atom is 0.220 e. The standard InChI is InChI=1S/C9H16INO/c10-5-1-2-6-11-9(12)7-8-3-4-8/h8H,1-7H2,(H,11,12). The molecule has 0 heterocycles. The minimum atomic E-state index is 0.256. The van der Waals surface area contributed by atoms with Gasteiger partial charge in [-0.3, -0.25) is 4.79 Å². The molecule has 0 aromatic heterocycles. The summed E-state index contributed by atoms with van der Waals surface area (Å²) >= 11 is 2.36. The van der Waals surface area contributed by atoms with Crippen molar-refractivity contribution >= 4 is 28.5 Å². The molecule has 0 saturated heterocycles. The van der Waals surface area contributed by atoms with E-state index in [2.05, 4.69) is 27.9 Å². The van der Waals surface area contributed by atoms with Crippen LogP contribution in [0, 0.1) is 5.92 Å². The number of unbranched alkanes of at least 4 members (excludes halogenated alkanes) is 1. The molecular weight excluding hydrogens is 265 g/mol. The molecule has 12 heavy (non-hydrogen) atoms. The van der Waals surface area contributed by atoms with Crippen molar-refractivity contribution in [1.29, 1.82) is 0 Å². The molecule has 0 spiro atoms. The average Bonchev–Trinajstić information content (AvgIpc) is 2.82. The Balaban J connectivity index is 1.87. The Labute approximate surface area is 87.6 Å². The van der Waals surface area contributed by atoms with Crippen LogP contribution in [0.5, 0.6) is 0 Å². The van der Waals surface area contributed by atoms with Crippen LogP contribution in [0.15, 0.2) is 0 Å². The smallest absolute Gasteiger partial charge is 0.220 e. The van der Waals surface area contributed by atoms with Crippen LogP contribution in [0.3, 0.4) is 0 Å². The van der Waals surface area contributed by atoms with Crippen molar-refractivity contribution in [3.63, 3.8) is 0 Å². The zero-order valence-electron chi connectivity index (χ0n) is 7.31. The summed E-state index contributed by atoms with van der Waals surface area (Å²) in [6.45, 7) is 0.870. The highest BCUT2D eigenvalue weighted by atomic mass is 127. The van der Waals surface area contributed by atoms with Crippen LogP contribution < -0.4 is 5.32 Å². The Morgan fingerprint density at radius 2 is 2.17 bits per heavy atom. The van der Waals surface area contributed by atoms with Gasteiger partial charge in [-0.1, -0.05) is 22.6 Å². The maximum absolute atomic E-state index is 11.1. The highest BCUT2D eigenvalue weighted by Gasteiger charge is 2.23. The largest absolute Gasteiger partial charge is 0.356 e. The molecule has 0 aliphatic heterocycles. The van der Waals surface area contributed by atoms with Crippen LogP contribution in [-0.4, -0.2) is 16.9 Å². The monoisotopic (exact) mass is 281 g/mol. The van der Waals surface area contributed by atoms with E-state index >= 15 is 0 Å². The number of alkyl halides is 1. The molecule has 1 fully saturated rings. The molecule has 1 saturated carbocycles. The van der Waals surface area contributed by atoms with Crippen molar-refractivity contribution in [2.24, 2.45) is 5.92 Å². The molecule has 1 amide bonds. The molecule has 70 valence electrons. The van der Waals surface area contributed by atoms with Gasteiger partial charge in [0.1, 0.15) is 0 Å². The van der Waals surface area contributed by atoms with E-state index in [4.69, 9.17) is 0 Å². The van der Waals surface area contributed by atoms with Gasteiger partial charge in [0.15, 0.2) is 0 Å². The number of amides is 1. The molecular formula is C9H16INO. The second-order valence-electron chi connectivity index (χ2n) is 3.39. The van der Waals surface area contributed by atoms with Gasteiger partial charge < -0.3 is 5.32 Å². The van der Waals surface area contributed by atoms with Crippen LogP contribution in [0.1, 0.15) is 32.1 Å². The summed E-state index contributed by atoms with van der Waals surface area (Å²) < 4.78 is 1.19. The lowest BCUT2D eigenvalue weighted by Crippen LogP contribution is -2.24. The third-order valence-corrected chi connectivity index (χ3v) is 2.82. The Bertz CT molecular complexity index is 145. The fourth-order valence-corrected chi connectivity index (χ4v) is 1.64. The topological polar surface area (TPSA) is 29.1 Å². The Morgan fingerprint density at radius 1 is 1.42 bits per heavy atom. The van der Waals surface area contributed by atoms with Crippen LogP contribution in [0.4, 0.5) is 0 Å². The number of carbonyl (C=O) groups is 1. The highest BCUT2D eigenvalue weighted by molar-refractivity contribution is 14.1. The van der Waals surface area contributed by atoms with Crippen molar-refractivity contribution in [2.45, 2.75) is 32.1 Å². The first-order valence-corrected chi connectivity index (χ1v) is 6.18. The molecule has 0 aromatic carbocycles. The number of rotatable bonds is 6. The summed E-state index contributed by atoms with van der Waals surface area (Å²) in [4.78, 5) is 11.1. The third-order valence-electron chi connectivity index (χ3n) is 2.05. The van der Waals surface area contributed by atoms with Crippen molar-refractivity contribution in [3.8, 4) is 0 Å². The highest BCUT2D eigenvalue weighted by Crippen LogP contribution is 2.31. The molecule has 0 atom stereocenters. The van der Waals surface area contributed by atoms with Crippen molar-refractivity contribution in [1.82, 2.24) is 5.32 Å². The number of carbonyl (C=O) groups excluding carboxylic acids is 1. The van der Waals surface area contributed by atoms with Gasteiger partial charge in [0, 0.05) is 13.0 Å². The Kier molecular flexibility index (Phi) is 4.95. The van der Waals surface area contributed by atoms with Gasteiger partial charge in [-0.2, -0.15) is 0 Å². The van der Waals surface area contributed by atoms with Gasteiger partial charge in [0.25, 0.3) is 0 Å². The molecule has 0 unspecified atom stereocenters. The lowest BCUT2D eigenvalue weighted by Gasteiger charge is -2.02. The van der Waals surface area contributed by atoms with Crippen LogP contribution in [0.2, 0.25) is 0 Å². The van der Waals surface area contributed by atoms with Crippen molar-refractivity contribution < 1.29 is 4.79 Å². The first-order chi connectivity index (χ1) is 5.83. The fraction of sp³-hybridized carbons (Fsp3) is 0.889. The first kappa shape index (κ1) is 10.3. The number of hydrogen-bond donors (Lipinski definition) is 1. The van der Waals surface area contributed by atoms with Gasteiger partial charge >= 0.3 is 0 Å². The van der Waals surface area contributed by atoms with Gasteiger partial charge in [-0.05, 0) is 36.0 Å². The SMILES string of the molecule is O=C(CC1CC1)NCCCCI. The molecule has 0 bridgehead atoms. The average molecular weight is 281 g/mol. The van der Waals surface area contributed by atoms with Crippen LogP contribution in [0.25, 0.3) is 0 Å². The summed E-state index contributed by atoms with van der Waals surface area (Å²) in [6.07, 6.45) is 5.64. The summed E-state index contributed by atoms with van der Waals surface area (Å²) in [5.41, 5.74) is 0. The lowest BCUT2D eigenvalue weighted by molar-refractivity contribution is -0.121. The van der Waals surface area contributed by atoms with E-state index in [0.29, 0.717) is 0 Å². The summed E-state index contributed by atoms with van der Waals surface area (Å²) in [7, 11) is 0. The van der Waals surface area contributed by atoms with E-state index in [1.54, 1.807) is 0 Å². The van der Waals surface area contributed by atoms with E-state index in [1.165, 1.54) is 23.7 Å². The molecule has 3 heteroatoms. The molecule has 1 aliphatic carbocycles. The van der Waals surface area contributed by atoms with Crippen LogP contribution in [-0.2, 0) is 4.79 Å². The molecule has 0 radical (unpaired) electrons. The Hall–Kier alpha value is 0.200.